The summed E-state index contributed by atoms with van der Waals surface area (Å²) in [5, 5.41) is 0. The van der Waals surface area contributed by atoms with Crippen molar-refractivity contribution in [3.05, 3.63) is 29.8 Å². The van der Waals surface area contributed by atoms with Crippen LogP contribution in [0.4, 0.5) is 0 Å². The van der Waals surface area contributed by atoms with Gasteiger partial charge in [-0.15, -0.1) is 0 Å². The van der Waals surface area contributed by atoms with Crippen LogP contribution in [0.1, 0.15) is 99.0 Å². The topological polar surface area (TPSA) is 18.5 Å². The summed E-state index contributed by atoms with van der Waals surface area (Å²) in [6.45, 7) is 19.2. The largest absolute Gasteiger partial charge is 0.465 e. The molecular weight excluding hydrogens is 344 g/mol. The van der Waals surface area contributed by atoms with E-state index >= 15 is 0 Å². The van der Waals surface area contributed by atoms with Crippen LogP contribution in [0, 0.1) is 22.7 Å². The molecule has 0 aliphatic heterocycles. The second-order valence-electron chi connectivity index (χ2n) is 11.4. The standard InChI is InChI=1S/C26H44O2/c1-19-9-11-21(12-10-19)18-27-20(2)28-23-15-13-22(14-16-23)24(26(6,7)8)17-25(3,4)5/h13-16,19-21,24H,9-12,17-18H2,1-8H3. The highest BCUT2D eigenvalue weighted by Gasteiger charge is 2.30. The Kier molecular flexibility index (Phi) is 8.02. The van der Waals surface area contributed by atoms with Gasteiger partial charge in [0, 0.05) is 0 Å². The van der Waals surface area contributed by atoms with Crippen LogP contribution in [0.25, 0.3) is 0 Å². The van der Waals surface area contributed by atoms with Gasteiger partial charge in [0.15, 0.2) is 6.29 Å². The lowest BCUT2D eigenvalue weighted by molar-refractivity contribution is -0.0830. The molecule has 0 N–H and O–H groups in total. The van der Waals surface area contributed by atoms with E-state index in [1.807, 2.05) is 6.92 Å². The summed E-state index contributed by atoms with van der Waals surface area (Å²) in [6.07, 6.45) is 6.26. The predicted molar refractivity (Wildman–Crippen MR) is 120 cm³/mol. The fourth-order valence-corrected chi connectivity index (χ4v) is 4.31. The third kappa shape index (κ3) is 7.78. The first-order valence-electron chi connectivity index (χ1n) is 11.3. The first-order chi connectivity index (χ1) is 12.9. The van der Waals surface area contributed by atoms with Gasteiger partial charge < -0.3 is 9.47 Å². The Morgan fingerprint density at radius 1 is 0.929 bits per heavy atom. The van der Waals surface area contributed by atoms with Crippen LogP contribution in [0.5, 0.6) is 5.75 Å². The molecule has 28 heavy (non-hydrogen) atoms. The number of hydrogen-bond acceptors (Lipinski definition) is 2. The molecule has 0 heterocycles. The molecule has 2 unspecified atom stereocenters. The van der Waals surface area contributed by atoms with Gasteiger partial charge in [-0.3, -0.25) is 0 Å². The first kappa shape index (κ1) is 23.3. The van der Waals surface area contributed by atoms with E-state index in [9.17, 15) is 0 Å². The second-order valence-corrected chi connectivity index (χ2v) is 11.4. The van der Waals surface area contributed by atoms with Gasteiger partial charge in [0.1, 0.15) is 5.75 Å². The molecule has 1 saturated carbocycles. The van der Waals surface area contributed by atoms with E-state index in [0.29, 0.717) is 17.3 Å². The molecule has 0 spiro atoms. The van der Waals surface area contributed by atoms with E-state index in [-0.39, 0.29) is 11.7 Å². The zero-order valence-electron chi connectivity index (χ0n) is 19.7. The lowest BCUT2D eigenvalue weighted by Crippen LogP contribution is -2.24. The molecule has 1 aromatic rings. The number of benzene rings is 1. The third-order valence-corrected chi connectivity index (χ3v) is 6.15. The maximum absolute atomic E-state index is 6.03. The van der Waals surface area contributed by atoms with Crippen LogP contribution in [0.3, 0.4) is 0 Å². The van der Waals surface area contributed by atoms with Gasteiger partial charge in [-0.25, -0.2) is 0 Å². The summed E-state index contributed by atoms with van der Waals surface area (Å²) in [5.74, 6) is 3.02. The van der Waals surface area contributed by atoms with E-state index in [2.05, 4.69) is 72.7 Å². The zero-order valence-corrected chi connectivity index (χ0v) is 19.7. The van der Waals surface area contributed by atoms with E-state index in [0.717, 1.165) is 18.3 Å². The monoisotopic (exact) mass is 388 g/mol. The lowest BCUT2D eigenvalue weighted by atomic mass is 9.69. The quantitative estimate of drug-likeness (QED) is 0.443. The highest BCUT2D eigenvalue weighted by atomic mass is 16.7. The molecule has 2 heteroatoms. The minimum atomic E-state index is -0.196. The zero-order chi connectivity index (χ0) is 20.9. The molecule has 2 atom stereocenters. The van der Waals surface area contributed by atoms with Crippen LogP contribution in [0.15, 0.2) is 24.3 Å². The molecule has 1 aliphatic rings. The Morgan fingerprint density at radius 3 is 2.00 bits per heavy atom. The minimum absolute atomic E-state index is 0.196. The minimum Gasteiger partial charge on any atom is -0.465 e. The normalized spacial score (nSPS) is 23.3. The van der Waals surface area contributed by atoms with Gasteiger partial charge in [-0.1, -0.05) is 73.4 Å². The molecule has 0 radical (unpaired) electrons. The van der Waals surface area contributed by atoms with Gasteiger partial charge in [0.2, 0.25) is 0 Å². The molecular formula is C26H44O2. The van der Waals surface area contributed by atoms with Crippen molar-refractivity contribution >= 4 is 0 Å². The Hall–Kier alpha value is -1.02. The maximum Gasteiger partial charge on any atom is 0.196 e. The van der Waals surface area contributed by atoms with Crippen molar-refractivity contribution in [2.24, 2.45) is 22.7 Å². The molecule has 1 aliphatic carbocycles. The van der Waals surface area contributed by atoms with Crippen molar-refractivity contribution in [3.8, 4) is 5.75 Å². The molecule has 1 aromatic carbocycles. The number of rotatable bonds is 7. The van der Waals surface area contributed by atoms with Crippen LogP contribution >= 0.6 is 0 Å². The van der Waals surface area contributed by atoms with Crippen LogP contribution in [-0.4, -0.2) is 12.9 Å². The van der Waals surface area contributed by atoms with E-state index in [4.69, 9.17) is 9.47 Å². The van der Waals surface area contributed by atoms with Crippen molar-refractivity contribution in [2.45, 2.75) is 99.7 Å². The van der Waals surface area contributed by atoms with Crippen LogP contribution in [0.2, 0.25) is 0 Å². The summed E-state index contributed by atoms with van der Waals surface area (Å²) in [4.78, 5) is 0. The summed E-state index contributed by atoms with van der Waals surface area (Å²) in [6, 6.07) is 8.70. The summed E-state index contributed by atoms with van der Waals surface area (Å²) >= 11 is 0. The van der Waals surface area contributed by atoms with E-state index in [1.54, 1.807) is 0 Å². The maximum atomic E-state index is 6.03. The van der Waals surface area contributed by atoms with Crippen molar-refractivity contribution in [1.82, 2.24) is 0 Å². The van der Waals surface area contributed by atoms with Crippen molar-refractivity contribution in [2.75, 3.05) is 6.61 Å². The average Bonchev–Trinajstić information content (AvgIpc) is 2.58. The Morgan fingerprint density at radius 2 is 1.50 bits per heavy atom. The molecule has 1 fully saturated rings. The van der Waals surface area contributed by atoms with Crippen molar-refractivity contribution in [3.63, 3.8) is 0 Å². The van der Waals surface area contributed by atoms with Gasteiger partial charge in [0.25, 0.3) is 0 Å². The highest BCUT2D eigenvalue weighted by Crippen LogP contribution is 2.43. The Bertz CT molecular complexity index is 568. The van der Waals surface area contributed by atoms with Crippen molar-refractivity contribution in [1.29, 1.82) is 0 Å². The molecule has 0 amide bonds. The Labute approximate surface area is 174 Å². The van der Waals surface area contributed by atoms with Crippen LogP contribution in [-0.2, 0) is 4.74 Å². The average molecular weight is 389 g/mol. The summed E-state index contributed by atoms with van der Waals surface area (Å²) in [7, 11) is 0. The number of ether oxygens (including phenoxy) is 2. The van der Waals surface area contributed by atoms with Crippen LogP contribution < -0.4 is 4.74 Å². The molecule has 0 aromatic heterocycles. The highest BCUT2D eigenvalue weighted by molar-refractivity contribution is 5.30. The molecule has 0 saturated heterocycles. The van der Waals surface area contributed by atoms with Gasteiger partial charge in [-0.2, -0.15) is 0 Å². The Balaban J connectivity index is 1.90. The fourth-order valence-electron chi connectivity index (χ4n) is 4.31. The molecule has 2 rings (SSSR count). The van der Waals surface area contributed by atoms with E-state index < -0.39 is 0 Å². The summed E-state index contributed by atoms with van der Waals surface area (Å²) < 4.78 is 12.0. The SMILES string of the molecule is CC1CCC(COC(C)Oc2ccc(C(CC(C)(C)C)C(C)(C)C)cc2)CC1. The second kappa shape index (κ2) is 9.65. The van der Waals surface area contributed by atoms with Gasteiger partial charge >= 0.3 is 0 Å². The lowest BCUT2D eigenvalue weighted by Gasteiger charge is -2.36. The smallest absolute Gasteiger partial charge is 0.196 e. The first-order valence-corrected chi connectivity index (χ1v) is 11.3. The number of hydrogen-bond donors (Lipinski definition) is 0. The third-order valence-electron chi connectivity index (χ3n) is 6.15. The van der Waals surface area contributed by atoms with Crippen molar-refractivity contribution < 1.29 is 9.47 Å². The van der Waals surface area contributed by atoms with Gasteiger partial charge in [-0.05, 0) is 72.5 Å². The summed E-state index contributed by atoms with van der Waals surface area (Å²) in [5.41, 5.74) is 1.95. The van der Waals surface area contributed by atoms with E-state index in [1.165, 1.54) is 37.7 Å². The predicted octanol–water partition coefficient (Wildman–Crippen LogP) is 7.82. The molecule has 2 nitrogen and oxygen atoms in total. The molecule has 160 valence electrons. The fraction of sp³-hybridized carbons (Fsp3) is 0.769. The molecule has 0 bridgehead atoms. The van der Waals surface area contributed by atoms with Gasteiger partial charge in [0.05, 0.1) is 6.61 Å².